The van der Waals surface area contributed by atoms with Gasteiger partial charge in [0.2, 0.25) is 23.8 Å². The van der Waals surface area contributed by atoms with E-state index < -0.39 is 182 Å². The summed E-state index contributed by atoms with van der Waals surface area (Å²) in [6.45, 7) is 16.2. The molecule has 0 saturated carbocycles. The quantitative estimate of drug-likeness (QED) is 0.0141. The van der Waals surface area contributed by atoms with Crippen molar-refractivity contribution in [3.05, 3.63) is 286 Å². The first-order valence-corrected chi connectivity index (χ1v) is 43.8. The van der Waals surface area contributed by atoms with Crippen LogP contribution in [0.4, 0.5) is 93.0 Å². The molecular formula is C82H71BCl3F16IN8O16S3. The second-order valence-electron chi connectivity index (χ2n) is 27.5. The van der Waals surface area contributed by atoms with Crippen molar-refractivity contribution in [2.24, 2.45) is 0 Å². The number of rotatable bonds is 15. The minimum Gasteiger partial charge on any atom is -0.481 e. The predicted molar refractivity (Wildman–Crippen MR) is 463 cm³/mol. The summed E-state index contributed by atoms with van der Waals surface area (Å²) < 4.78 is 287. The number of carbonyl (C=O) groups is 1. The molecule has 4 aromatic heterocycles. The van der Waals surface area contributed by atoms with E-state index in [0.717, 1.165) is 45.4 Å². The molecule has 0 aliphatic carbocycles. The van der Waals surface area contributed by atoms with Gasteiger partial charge in [-0.05, 0) is 218 Å². The van der Waals surface area contributed by atoms with E-state index in [4.69, 9.17) is 60.5 Å². The van der Waals surface area contributed by atoms with Gasteiger partial charge in [0.1, 0.15) is 5.02 Å². The molecule has 48 heteroatoms. The van der Waals surface area contributed by atoms with Crippen LogP contribution in [0.15, 0.2) is 161 Å². The molecule has 0 saturated heterocycles. The maximum atomic E-state index is 14.7. The molecule has 11 rings (SSSR count). The van der Waals surface area contributed by atoms with Crippen LogP contribution in [0.25, 0.3) is 55.6 Å². The van der Waals surface area contributed by atoms with Crippen molar-refractivity contribution in [1.82, 2.24) is 19.9 Å². The van der Waals surface area contributed by atoms with Crippen molar-refractivity contribution < 1.29 is 130 Å². The summed E-state index contributed by atoms with van der Waals surface area (Å²) in [5.41, 5.74) is -2.71. The van der Waals surface area contributed by atoms with Gasteiger partial charge in [-0.15, -0.1) is 0 Å². The number of nitro groups is 3. The number of nitrogens with two attached hydrogens (primary N) is 1. The second-order valence-corrected chi connectivity index (χ2v) is 36.7. The van der Waals surface area contributed by atoms with Crippen molar-refractivity contribution in [2.75, 3.05) is 23.0 Å². The second kappa shape index (κ2) is 44.2. The van der Waals surface area contributed by atoms with Crippen molar-refractivity contribution in [1.29, 1.82) is 0 Å². The van der Waals surface area contributed by atoms with Gasteiger partial charge in [-0.3, -0.25) is 35.1 Å². The third-order valence-electron chi connectivity index (χ3n) is 18.2. The number of halogens is 20. The zero-order valence-corrected chi connectivity index (χ0v) is 76.1. The largest absolute Gasteiger partial charge is 0.488 e. The zero-order chi connectivity index (χ0) is 99.2. The lowest BCUT2D eigenvalue weighted by atomic mass is 9.80. The van der Waals surface area contributed by atoms with Gasteiger partial charge in [-0.1, -0.05) is 92.0 Å². The van der Waals surface area contributed by atoms with E-state index in [1.165, 1.54) is 137 Å². The number of sulfone groups is 3. The van der Waals surface area contributed by atoms with Crippen LogP contribution in [0.2, 0.25) is 15.1 Å². The van der Waals surface area contributed by atoms with Gasteiger partial charge in [-0.2, -0.15) is 70.2 Å². The normalized spacial score (nSPS) is 11.6. The summed E-state index contributed by atoms with van der Waals surface area (Å²) in [5.74, 6) is -4.72. The first kappa shape index (κ1) is 109. The summed E-state index contributed by atoms with van der Waals surface area (Å²) in [6, 6.07) is 24.5. The van der Waals surface area contributed by atoms with Crippen molar-refractivity contribution in [3.8, 4) is 55.6 Å². The topological polar surface area (TPSA) is 387 Å². The Balaban J connectivity index is 0.000000285. The zero-order valence-electron chi connectivity index (χ0n) is 69.2. The minimum absolute atomic E-state index is 0.00201. The Kier molecular flexibility index (Phi) is 37.2. The fraction of sp³-hybridized carbons (Fsp3) is 0.232. The molecule has 5 N–H and O–H groups in total. The first-order chi connectivity index (χ1) is 59.7. The molecule has 0 amide bonds. The smallest absolute Gasteiger partial charge is 0.481 e. The Morgan fingerprint density at radius 3 is 1.06 bits per heavy atom. The van der Waals surface area contributed by atoms with Gasteiger partial charge in [0.05, 0.1) is 93.7 Å². The Morgan fingerprint density at radius 2 is 0.723 bits per heavy atom. The highest BCUT2D eigenvalue weighted by Gasteiger charge is 2.43. The number of alkyl halides is 12. The molecule has 0 atom stereocenters. The van der Waals surface area contributed by atoms with Gasteiger partial charge < -0.3 is 20.9 Å². The fourth-order valence-electron chi connectivity index (χ4n) is 11.9. The van der Waals surface area contributed by atoms with Crippen LogP contribution in [0, 0.1) is 113 Å². The summed E-state index contributed by atoms with van der Waals surface area (Å²) >= 11 is 18.6. The molecule has 0 spiro atoms. The number of carboxylic acid groups (broad SMARTS) is 1. The lowest BCUT2D eigenvalue weighted by Gasteiger charge is -2.21. The third kappa shape index (κ3) is 27.8. The average molecular weight is 2070 g/mol. The minimum atomic E-state index is -4.95. The molecular weight excluding hydrogens is 2000 g/mol. The first-order valence-electron chi connectivity index (χ1n) is 36.6. The van der Waals surface area contributed by atoms with Crippen molar-refractivity contribution in [2.45, 2.75) is 122 Å². The molecule has 7 aromatic carbocycles. The Morgan fingerprint density at radius 1 is 0.431 bits per heavy atom. The number of pyridine rings is 4. The monoisotopic (exact) mass is 2070 g/mol. The number of aliphatic carboxylic acids is 1. The Hall–Kier alpha value is -11.1. The van der Waals surface area contributed by atoms with Gasteiger partial charge in [0, 0.05) is 76.3 Å². The number of hydrogen-bond donors (Lipinski definition) is 4. The number of nitrogen functional groups attached to an aromatic ring is 1. The molecule has 130 heavy (non-hydrogen) atoms. The fourth-order valence-corrected chi connectivity index (χ4v) is 16.1. The number of aromatic nitrogens is 4. The Labute approximate surface area is 760 Å². The molecule has 0 radical (unpaired) electrons. The third-order valence-corrected chi connectivity index (χ3v) is 25.3. The molecule has 0 aliphatic rings. The predicted octanol–water partition coefficient (Wildman–Crippen LogP) is 22.2. The molecule has 0 bridgehead atoms. The van der Waals surface area contributed by atoms with Gasteiger partial charge in [-0.25, -0.2) is 45.2 Å². The lowest BCUT2D eigenvalue weighted by molar-refractivity contribution is -0.385. The van der Waals surface area contributed by atoms with E-state index in [-0.39, 0.29) is 99.1 Å². The van der Waals surface area contributed by atoms with E-state index in [9.17, 15) is 126 Å². The highest BCUT2D eigenvalue weighted by Crippen LogP contribution is 2.51. The number of hydrogen-bond acceptors (Lipinski definition) is 20. The number of nitro benzene ring substituents is 3. The molecule has 24 nitrogen and oxygen atoms in total. The SMILES string of the molecule is CC(=O)O.CCS(=O)(=O)c1cccc(-c2cc(C(F)(F)F)c(C)c(N)c2-c2cc(C)cnc2F)c1.CCS(=O)(=O)c1cccc(-c2cc(C(F)(F)F)c(C)c([N+](=O)[O-])c2-c2cc(C)cnc2F)c1.CCS(=O)(=O)c1cccc(B(O)O)c1.Cc1c(C(F)(F)F)cc(Cl)c(Cl)c1[N+](=O)[O-].Cc1cnc(F)c(-c2c(Cl)cc(C(F)(F)F)c(C)c2[N+](=O)[O-])c1.Cc1cnc(F)c(I)c1. The Bertz CT molecular complexity index is 6530. The molecule has 4 heterocycles. The van der Waals surface area contributed by atoms with E-state index in [2.05, 4.69) is 19.9 Å². The van der Waals surface area contributed by atoms with Crippen LogP contribution in [0.1, 0.15) is 94.5 Å². The highest BCUT2D eigenvalue weighted by molar-refractivity contribution is 14.1. The van der Waals surface area contributed by atoms with Crippen LogP contribution in [0.3, 0.4) is 0 Å². The van der Waals surface area contributed by atoms with Gasteiger partial charge in [0.25, 0.3) is 23.0 Å². The number of carboxylic acids is 1. The van der Waals surface area contributed by atoms with E-state index in [0.29, 0.717) is 38.5 Å². The van der Waals surface area contributed by atoms with Crippen molar-refractivity contribution in [3.63, 3.8) is 0 Å². The van der Waals surface area contributed by atoms with Gasteiger partial charge >= 0.3 is 31.8 Å². The van der Waals surface area contributed by atoms with Crippen LogP contribution < -0.4 is 11.2 Å². The average Bonchev–Trinajstić information content (AvgIpc) is 0.765. The maximum absolute atomic E-state index is 14.7. The van der Waals surface area contributed by atoms with Crippen LogP contribution in [-0.4, -0.2) is 105 Å². The summed E-state index contributed by atoms with van der Waals surface area (Å²) in [6.07, 6.45) is -14.0. The van der Waals surface area contributed by atoms with Crippen LogP contribution >= 0.6 is 57.4 Å². The highest BCUT2D eigenvalue weighted by atomic mass is 127. The summed E-state index contributed by atoms with van der Waals surface area (Å²) in [5, 5.41) is 57.4. The molecule has 0 fully saturated rings. The summed E-state index contributed by atoms with van der Waals surface area (Å²) in [4.78, 5) is 53.8. The van der Waals surface area contributed by atoms with E-state index >= 15 is 0 Å². The molecule has 696 valence electrons. The van der Waals surface area contributed by atoms with Crippen LogP contribution in [-0.2, 0) is 59.0 Å². The molecule has 0 aliphatic heterocycles. The molecule has 0 unspecified atom stereocenters. The van der Waals surface area contributed by atoms with Crippen molar-refractivity contribution >= 4 is 128 Å². The van der Waals surface area contributed by atoms with E-state index in [1.807, 2.05) is 29.5 Å². The number of benzene rings is 7. The van der Waals surface area contributed by atoms with Crippen LogP contribution in [0.5, 0.6) is 0 Å². The molecule has 11 aromatic rings. The standard InChI is InChI=1S/C22H18F4N2O4S.C22H20F4N2O2S.C14H9ClF4N2O2.C8H11BO4S.C8H4Cl2F3NO2.C6H5FIN.C2H4O2/c1-4-33(31,32)15-7-5-6-14(9-15)16-10-18(22(24,25)26)13(3)20(28(29)30)19(16)17-8-12(2)11-27-21(17)23;1-4-31(29,30)15-7-5-6-14(9-15)16-10-18(22(24,25)26)13(3)20(27)19(16)17-8-12(2)11-28-21(17)23;1-6-3-8(13(16)20-5-6)11-10(15)4-9(14(17,18)19)7(2)12(11)21(22)23;1-2-14(12,13)8-5-3-4-7(6-8)9(10)11;1-3-4(8(11,12)13)2-5(9)6(10)7(3)14(15)16;1-4-2-5(8)6(7)9-3-4;1-2(3)4/h5-11H,4H2,1-3H3;5-11H,4,27H2,1-3H3;3-5H,1-2H3;3-6,10-11H,2H2,1H3;2H,1H3;2-3H,1H3;1H3,(H,3,4). The number of anilines is 1. The maximum Gasteiger partial charge on any atom is 0.488 e. The lowest BCUT2D eigenvalue weighted by Crippen LogP contribution is -2.30. The van der Waals surface area contributed by atoms with Gasteiger partial charge in [0.15, 0.2) is 29.5 Å². The van der Waals surface area contributed by atoms with E-state index in [1.54, 1.807) is 26.8 Å². The number of aryl methyl sites for hydroxylation is 4. The summed E-state index contributed by atoms with van der Waals surface area (Å²) in [7, 11) is -12.3. The number of nitrogens with zero attached hydrogens (tertiary/aromatic N) is 7.